The molecule has 0 spiro atoms. The van der Waals surface area contributed by atoms with Gasteiger partial charge in [0.15, 0.2) is 4.67 Å². The van der Waals surface area contributed by atoms with Crippen LogP contribution in [0.1, 0.15) is 19.6 Å². The van der Waals surface area contributed by atoms with Gasteiger partial charge in [0.2, 0.25) is 0 Å². The van der Waals surface area contributed by atoms with Gasteiger partial charge < -0.3 is 4.42 Å². The molecule has 72 valence electrons. The highest BCUT2D eigenvalue weighted by Crippen LogP contribution is 2.28. The Labute approximate surface area is 103 Å². The summed E-state index contributed by atoms with van der Waals surface area (Å²) in [6.07, 6.45) is 2.01. The second kappa shape index (κ2) is 4.80. The minimum Gasteiger partial charge on any atom is -0.449 e. The second-order valence-corrected chi connectivity index (χ2v) is 5.72. The van der Waals surface area contributed by atoms with Gasteiger partial charge in [-0.1, -0.05) is 21.5 Å². The molecule has 0 fully saturated rings. The molecule has 1 aromatic rings. The smallest absolute Gasteiger partial charge is 0.184 e. The lowest BCUT2D eigenvalue weighted by Crippen LogP contribution is -1.89. The average Bonchev–Trinajstić information content (AvgIpc) is 2.31. The van der Waals surface area contributed by atoms with Crippen LogP contribution < -0.4 is 0 Å². The molecule has 1 heterocycles. The third-order valence-corrected chi connectivity index (χ3v) is 4.09. The molecule has 0 amide bonds. The number of alkyl halides is 1. The molecule has 1 unspecified atom stereocenters. The Morgan fingerprint density at radius 2 is 2.15 bits per heavy atom. The molecule has 1 atom stereocenters. The van der Waals surface area contributed by atoms with Crippen LogP contribution in [0.25, 0.3) is 6.08 Å². The van der Waals surface area contributed by atoms with Crippen molar-refractivity contribution in [2.24, 2.45) is 0 Å². The van der Waals surface area contributed by atoms with E-state index in [1.54, 1.807) is 0 Å². The van der Waals surface area contributed by atoms with E-state index >= 15 is 0 Å². The summed E-state index contributed by atoms with van der Waals surface area (Å²) < 4.78 is 7.08. The van der Waals surface area contributed by atoms with Crippen molar-refractivity contribution in [3.63, 3.8) is 0 Å². The Morgan fingerprint density at radius 3 is 2.54 bits per heavy atom. The van der Waals surface area contributed by atoms with Gasteiger partial charge in [-0.05, 0) is 57.8 Å². The van der Waals surface area contributed by atoms with E-state index in [1.807, 2.05) is 12.1 Å². The number of allylic oxidation sites excluding steroid dienone is 1. The molecule has 0 N–H and O–H groups in total. The first-order valence-corrected chi connectivity index (χ1v) is 6.28. The van der Waals surface area contributed by atoms with Crippen molar-refractivity contribution in [1.29, 1.82) is 0 Å². The summed E-state index contributed by atoms with van der Waals surface area (Å²) in [5, 5.41) is 0. The molecule has 0 aliphatic rings. The zero-order valence-electron chi connectivity index (χ0n) is 7.27. The van der Waals surface area contributed by atoms with E-state index in [4.69, 9.17) is 4.42 Å². The summed E-state index contributed by atoms with van der Waals surface area (Å²) in [4.78, 5) is 0.371. The van der Waals surface area contributed by atoms with E-state index in [0.29, 0.717) is 4.83 Å². The normalized spacial score (nSPS) is 14.7. The number of furan rings is 1. The van der Waals surface area contributed by atoms with Crippen molar-refractivity contribution in [2.45, 2.75) is 18.7 Å². The van der Waals surface area contributed by atoms with Gasteiger partial charge in [-0.2, -0.15) is 0 Å². The van der Waals surface area contributed by atoms with Crippen LogP contribution in [-0.2, 0) is 0 Å². The number of hydrogen-bond acceptors (Lipinski definition) is 1. The lowest BCUT2D eigenvalue weighted by Gasteiger charge is -2.00. The van der Waals surface area contributed by atoms with E-state index in [2.05, 4.69) is 61.6 Å². The highest BCUT2D eigenvalue weighted by molar-refractivity contribution is 9.13. The van der Waals surface area contributed by atoms with Crippen molar-refractivity contribution in [1.82, 2.24) is 0 Å². The molecule has 4 heteroatoms. The van der Waals surface area contributed by atoms with Crippen LogP contribution in [0.2, 0.25) is 0 Å². The summed E-state index contributed by atoms with van der Waals surface area (Å²) >= 11 is 10.1. The van der Waals surface area contributed by atoms with Gasteiger partial charge in [0.05, 0.1) is 4.47 Å². The highest BCUT2D eigenvalue weighted by Gasteiger charge is 2.05. The van der Waals surface area contributed by atoms with Gasteiger partial charge in [0, 0.05) is 4.83 Å². The molecule has 1 aromatic heterocycles. The van der Waals surface area contributed by atoms with Gasteiger partial charge in [-0.15, -0.1) is 0 Å². The Hall–Kier alpha value is 0.460. The number of halogens is 3. The number of rotatable bonds is 2. The topological polar surface area (TPSA) is 13.1 Å². The lowest BCUT2D eigenvalue weighted by atomic mass is 10.2. The summed E-state index contributed by atoms with van der Waals surface area (Å²) in [6, 6.07) is 1.93. The molecule has 13 heavy (non-hydrogen) atoms. The SMILES string of the molecule is C/C(=C\c1cc(Br)c(Br)o1)C(C)Br. The van der Waals surface area contributed by atoms with Gasteiger partial charge in [0.25, 0.3) is 0 Å². The van der Waals surface area contributed by atoms with Crippen LogP contribution >= 0.6 is 47.8 Å². The Bertz CT molecular complexity index is 306. The molecule has 1 nitrogen and oxygen atoms in total. The fourth-order valence-corrected chi connectivity index (χ4v) is 1.51. The summed E-state index contributed by atoms with van der Waals surface area (Å²) in [5.41, 5.74) is 1.23. The van der Waals surface area contributed by atoms with Crippen LogP contribution in [0.3, 0.4) is 0 Å². The molecule has 0 aliphatic heterocycles. The molecular formula is C9H9Br3O. The molecule has 0 bridgehead atoms. The van der Waals surface area contributed by atoms with Crippen molar-refractivity contribution >= 4 is 53.9 Å². The molecule has 1 rings (SSSR count). The van der Waals surface area contributed by atoms with E-state index in [0.717, 1.165) is 14.9 Å². The first kappa shape index (κ1) is 11.5. The molecule has 0 saturated carbocycles. The maximum Gasteiger partial charge on any atom is 0.184 e. The van der Waals surface area contributed by atoms with Crippen molar-refractivity contribution in [3.8, 4) is 0 Å². The van der Waals surface area contributed by atoms with Crippen molar-refractivity contribution in [3.05, 3.63) is 26.5 Å². The monoisotopic (exact) mass is 370 g/mol. The molecule has 0 radical (unpaired) electrons. The largest absolute Gasteiger partial charge is 0.449 e. The lowest BCUT2D eigenvalue weighted by molar-refractivity contribution is 0.529. The van der Waals surface area contributed by atoms with E-state index in [-0.39, 0.29) is 0 Å². The van der Waals surface area contributed by atoms with Crippen LogP contribution in [0.4, 0.5) is 0 Å². The zero-order chi connectivity index (χ0) is 10.0. The van der Waals surface area contributed by atoms with Crippen molar-refractivity contribution in [2.75, 3.05) is 0 Å². The second-order valence-electron chi connectivity index (χ2n) is 2.77. The molecule has 0 aromatic carbocycles. The zero-order valence-corrected chi connectivity index (χ0v) is 12.0. The standard InChI is InChI=1S/C9H9Br3O/c1-5(6(2)10)3-7-4-8(11)9(12)13-7/h3-4,6H,1-2H3/b5-3+. The maximum absolute atomic E-state index is 5.41. The van der Waals surface area contributed by atoms with E-state index < -0.39 is 0 Å². The summed E-state index contributed by atoms with van der Waals surface area (Å²) in [5.74, 6) is 0.850. The minimum atomic E-state index is 0.371. The molecular weight excluding hydrogens is 364 g/mol. The third-order valence-electron chi connectivity index (χ3n) is 1.66. The Kier molecular flexibility index (Phi) is 4.26. The Balaban J connectivity index is 2.91. The first-order chi connectivity index (χ1) is 6.00. The van der Waals surface area contributed by atoms with Crippen molar-refractivity contribution < 1.29 is 4.42 Å². The van der Waals surface area contributed by atoms with Crippen LogP contribution in [-0.4, -0.2) is 4.83 Å². The van der Waals surface area contributed by atoms with E-state index in [1.165, 1.54) is 5.57 Å². The first-order valence-electron chi connectivity index (χ1n) is 3.78. The number of hydrogen-bond donors (Lipinski definition) is 0. The fourth-order valence-electron chi connectivity index (χ4n) is 0.774. The van der Waals surface area contributed by atoms with Crippen LogP contribution in [0, 0.1) is 0 Å². The Morgan fingerprint density at radius 1 is 1.54 bits per heavy atom. The third kappa shape index (κ3) is 3.26. The summed E-state index contributed by atoms with van der Waals surface area (Å²) in [6.45, 7) is 4.14. The quantitative estimate of drug-likeness (QED) is 0.666. The maximum atomic E-state index is 5.41. The van der Waals surface area contributed by atoms with Gasteiger partial charge >= 0.3 is 0 Å². The predicted octanol–water partition coefficient (Wildman–Crippen LogP) is 4.99. The van der Waals surface area contributed by atoms with E-state index in [9.17, 15) is 0 Å². The highest BCUT2D eigenvalue weighted by atomic mass is 79.9. The summed E-state index contributed by atoms with van der Waals surface area (Å²) in [7, 11) is 0. The van der Waals surface area contributed by atoms with Gasteiger partial charge in [-0.3, -0.25) is 0 Å². The minimum absolute atomic E-state index is 0.371. The fraction of sp³-hybridized carbons (Fsp3) is 0.333. The predicted molar refractivity (Wildman–Crippen MR) is 66.1 cm³/mol. The van der Waals surface area contributed by atoms with Gasteiger partial charge in [-0.25, -0.2) is 0 Å². The van der Waals surface area contributed by atoms with Crippen LogP contribution in [0.5, 0.6) is 0 Å². The van der Waals surface area contributed by atoms with Crippen LogP contribution in [0.15, 0.2) is 25.2 Å². The molecule has 0 saturated heterocycles. The average molecular weight is 373 g/mol. The molecule has 0 aliphatic carbocycles. The van der Waals surface area contributed by atoms with Gasteiger partial charge in [0.1, 0.15) is 5.76 Å².